The van der Waals surface area contributed by atoms with Gasteiger partial charge < -0.3 is 15.0 Å². The second kappa shape index (κ2) is 8.85. The quantitative estimate of drug-likeness (QED) is 0.742. The number of rotatable bonds is 5. The van der Waals surface area contributed by atoms with Crippen LogP contribution in [0.4, 0.5) is 5.69 Å². The van der Waals surface area contributed by atoms with E-state index in [4.69, 9.17) is 16.3 Å². The molecule has 8 heteroatoms. The highest BCUT2D eigenvalue weighted by Crippen LogP contribution is 2.33. The molecule has 0 bridgehead atoms. The summed E-state index contributed by atoms with van der Waals surface area (Å²) in [6.45, 7) is 2.49. The van der Waals surface area contributed by atoms with Crippen molar-refractivity contribution in [3.63, 3.8) is 0 Å². The van der Waals surface area contributed by atoms with Crippen LogP contribution in [-0.4, -0.2) is 60.3 Å². The fraction of sp³-hybridized carbons (Fsp3) is 0.318. The van der Waals surface area contributed by atoms with Gasteiger partial charge in [-0.1, -0.05) is 41.9 Å². The van der Waals surface area contributed by atoms with Gasteiger partial charge in [-0.05, 0) is 18.2 Å². The molecule has 0 spiro atoms. The van der Waals surface area contributed by atoms with Crippen molar-refractivity contribution in [3.05, 3.63) is 64.7 Å². The average Bonchev–Trinajstić information content (AvgIpc) is 3.06. The fourth-order valence-electron chi connectivity index (χ4n) is 3.77. The zero-order valence-electron chi connectivity index (χ0n) is 16.3. The monoisotopic (exact) mass is 427 g/mol. The minimum atomic E-state index is -0.527. The summed E-state index contributed by atoms with van der Waals surface area (Å²) < 4.78 is 5.37. The number of nitrogens with zero attached hydrogens (tertiary/aromatic N) is 2. The number of fused-ring (bicyclic) bond motifs is 1. The van der Waals surface area contributed by atoms with Crippen LogP contribution >= 0.6 is 11.6 Å². The standard InChI is InChI=1S/C22H22ClN3O4/c23-17-7-3-4-8-18(17)24-20(27)14-25-9-11-26(12-10-25)21(28)13-19-15-5-1-2-6-16(15)22(29)30-19/h1-8,19H,9-14H2,(H,24,27)/t19-/m0/s1. The number of para-hydroxylation sites is 1. The van der Waals surface area contributed by atoms with Crippen LogP contribution in [0.25, 0.3) is 0 Å². The Labute approximate surface area is 179 Å². The zero-order valence-corrected chi connectivity index (χ0v) is 17.1. The Morgan fingerprint density at radius 2 is 1.73 bits per heavy atom. The van der Waals surface area contributed by atoms with Gasteiger partial charge >= 0.3 is 5.97 Å². The number of piperazine rings is 1. The molecule has 2 aliphatic rings. The average molecular weight is 428 g/mol. The summed E-state index contributed by atoms with van der Waals surface area (Å²) in [4.78, 5) is 40.7. The number of ether oxygens (including phenoxy) is 1. The van der Waals surface area contributed by atoms with E-state index in [0.717, 1.165) is 5.56 Å². The van der Waals surface area contributed by atoms with Gasteiger partial charge in [0.15, 0.2) is 0 Å². The van der Waals surface area contributed by atoms with Crippen molar-refractivity contribution in [2.75, 3.05) is 38.0 Å². The predicted octanol–water partition coefficient (Wildman–Crippen LogP) is 2.72. The molecule has 30 heavy (non-hydrogen) atoms. The lowest BCUT2D eigenvalue weighted by Gasteiger charge is -2.34. The molecule has 0 aliphatic carbocycles. The number of benzene rings is 2. The predicted molar refractivity (Wildman–Crippen MR) is 112 cm³/mol. The first-order valence-corrected chi connectivity index (χ1v) is 10.2. The van der Waals surface area contributed by atoms with Crippen molar-refractivity contribution >= 4 is 35.1 Å². The maximum absolute atomic E-state index is 12.7. The van der Waals surface area contributed by atoms with Crippen LogP contribution in [-0.2, 0) is 14.3 Å². The van der Waals surface area contributed by atoms with Gasteiger partial charge in [-0.15, -0.1) is 0 Å². The van der Waals surface area contributed by atoms with E-state index in [9.17, 15) is 14.4 Å². The van der Waals surface area contributed by atoms with E-state index < -0.39 is 6.10 Å². The highest BCUT2D eigenvalue weighted by molar-refractivity contribution is 6.33. The van der Waals surface area contributed by atoms with E-state index in [-0.39, 0.29) is 30.7 Å². The topological polar surface area (TPSA) is 79.0 Å². The Hall–Kier alpha value is -2.90. The number of esters is 1. The largest absolute Gasteiger partial charge is 0.453 e. The molecule has 2 heterocycles. The number of amides is 2. The molecule has 1 fully saturated rings. The van der Waals surface area contributed by atoms with Crippen molar-refractivity contribution in [3.8, 4) is 0 Å². The smallest absolute Gasteiger partial charge is 0.339 e. The van der Waals surface area contributed by atoms with Crippen molar-refractivity contribution < 1.29 is 19.1 Å². The Kier molecular flexibility index (Phi) is 6.01. The first-order valence-electron chi connectivity index (χ1n) is 9.85. The van der Waals surface area contributed by atoms with E-state index in [1.807, 2.05) is 23.1 Å². The van der Waals surface area contributed by atoms with Crippen LogP contribution in [0.5, 0.6) is 0 Å². The molecule has 156 valence electrons. The molecule has 1 saturated heterocycles. The number of anilines is 1. The summed E-state index contributed by atoms with van der Waals surface area (Å²) in [5.74, 6) is -0.570. The molecule has 0 unspecified atom stereocenters. The number of halogens is 1. The first kappa shape index (κ1) is 20.4. The van der Waals surface area contributed by atoms with Crippen molar-refractivity contribution in [2.24, 2.45) is 0 Å². The summed E-state index contributed by atoms with van der Waals surface area (Å²) in [5.41, 5.74) is 1.89. The number of carbonyl (C=O) groups is 3. The molecule has 2 amide bonds. The highest BCUT2D eigenvalue weighted by Gasteiger charge is 2.34. The van der Waals surface area contributed by atoms with Crippen LogP contribution in [0.15, 0.2) is 48.5 Å². The SMILES string of the molecule is O=C(CN1CCN(C(=O)C[C@@H]2OC(=O)c3ccccc32)CC1)Nc1ccccc1Cl. The number of cyclic esters (lactones) is 1. The fourth-order valence-corrected chi connectivity index (χ4v) is 3.95. The molecular formula is C22H22ClN3O4. The Morgan fingerprint density at radius 1 is 1.03 bits per heavy atom. The normalized spacial score (nSPS) is 18.6. The summed E-state index contributed by atoms with van der Waals surface area (Å²) in [6.07, 6.45) is -0.393. The second-order valence-electron chi connectivity index (χ2n) is 7.37. The van der Waals surface area contributed by atoms with Gasteiger partial charge in [0.1, 0.15) is 6.10 Å². The Bertz CT molecular complexity index is 972. The third kappa shape index (κ3) is 4.47. The minimum absolute atomic E-state index is 0.0512. The van der Waals surface area contributed by atoms with E-state index in [1.54, 1.807) is 35.2 Å². The summed E-state index contributed by atoms with van der Waals surface area (Å²) in [7, 11) is 0. The molecule has 2 aliphatic heterocycles. The third-order valence-electron chi connectivity index (χ3n) is 5.38. The van der Waals surface area contributed by atoms with Gasteiger partial charge in [0, 0.05) is 31.7 Å². The summed E-state index contributed by atoms with van der Waals surface area (Å²) >= 11 is 6.07. The molecule has 1 atom stereocenters. The van der Waals surface area contributed by atoms with Crippen molar-refractivity contribution in [1.29, 1.82) is 0 Å². The van der Waals surface area contributed by atoms with Crippen LogP contribution in [0.3, 0.4) is 0 Å². The number of nitrogens with one attached hydrogen (secondary N) is 1. The molecule has 1 N–H and O–H groups in total. The minimum Gasteiger partial charge on any atom is -0.453 e. The van der Waals surface area contributed by atoms with Gasteiger partial charge in [-0.25, -0.2) is 4.79 Å². The summed E-state index contributed by atoms with van der Waals surface area (Å²) in [5, 5.41) is 3.31. The van der Waals surface area contributed by atoms with Gasteiger partial charge in [-0.3, -0.25) is 14.5 Å². The van der Waals surface area contributed by atoms with Gasteiger partial charge in [0.05, 0.1) is 29.2 Å². The van der Waals surface area contributed by atoms with Crippen LogP contribution in [0.1, 0.15) is 28.4 Å². The van der Waals surface area contributed by atoms with Crippen LogP contribution < -0.4 is 5.32 Å². The van der Waals surface area contributed by atoms with Crippen LogP contribution in [0.2, 0.25) is 5.02 Å². The first-order chi connectivity index (χ1) is 14.5. The highest BCUT2D eigenvalue weighted by atomic mass is 35.5. The molecule has 0 saturated carbocycles. The lowest BCUT2D eigenvalue weighted by Crippen LogP contribution is -2.50. The Morgan fingerprint density at radius 3 is 2.50 bits per heavy atom. The Balaban J connectivity index is 1.25. The van der Waals surface area contributed by atoms with Gasteiger partial charge in [0.25, 0.3) is 0 Å². The molecule has 7 nitrogen and oxygen atoms in total. The molecule has 0 aromatic heterocycles. The molecule has 2 aromatic carbocycles. The van der Waals surface area contributed by atoms with E-state index in [0.29, 0.717) is 42.5 Å². The maximum Gasteiger partial charge on any atom is 0.339 e. The van der Waals surface area contributed by atoms with E-state index >= 15 is 0 Å². The van der Waals surface area contributed by atoms with Gasteiger partial charge in [-0.2, -0.15) is 0 Å². The van der Waals surface area contributed by atoms with E-state index in [2.05, 4.69) is 5.32 Å². The molecule has 2 aromatic rings. The number of carbonyl (C=O) groups excluding carboxylic acids is 3. The van der Waals surface area contributed by atoms with Crippen LogP contribution in [0, 0.1) is 0 Å². The third-order valence-corrected chi connectivity index (χ3v) is 5.71. The lowest BCUT2D eigenvalue weighted by atomic mass is 10.0. The number of hydrogen-bond acceptors (Lipinski definition) is 5. The molecular weight excluding hydrogens is 406 g/mol. The lowest BCUT2D eigenvalue weighted by molar-refractivity contribution is -0.135. The maximum atomic E-state index is 12.7. The summed E-state index contributed by atoms with van der Waals surface area (Å²) in [6, 6.07) is 14.3. The molecule has 4 rings (SSSR count). The van der Waals surface area contributed by atoms with E-state index in [1.165, 1.54) is 0 Å². The molecule has 0 radical (unpaired) electrons. The number of hydrogen-bond donors (Lipinski definition) is 1. The zero-order chi connectivity index (χ0) is 21.1. The van der Waals surface area contributed by atoms with Crippen molar-refractivity contribution in [1.82, 2.24) is 9.80 Å². The second-order valence-corrected chi connectivity index (χ2v) is 7.78. The van der Waals surface area contributed by atoms with Gasteiger partial charge in [0.2, 0.25) is 11.8 Å². The van der Waals surface area contributed by atoms with Crippen molar-refractivity contribution in [2.45, 2.75) is 12.5 Å².